The molecule has 1 aromatic carbocycles. The third kappa shape index (κ3) is 7.47. The summed E-state index contributed by atoms with van der Waals surface area (Å²) in [6.07, 6.45) is 7.98. The summed E-state index contributed by atoms with van der Waals surface area (Å²) in [5.74, 6) is 2.63. The van der Waals surface area contributed by atoms with E-state index in [2.05, 4.69) is 37.1 Å². The Morgan fingerprint density at radius 1 is 0.969 bits per heavy atom. The van der Waals surface area contributed by atoms with Crippen molar-refractivity contribution in [3.63, 3.8) is 0 Å². The van der Waals surface area contributed by atoms with Crippen LogP contribution < -0.4 is 5.32 Å². The number of benzene rings is 1. The second-order valence-electron chi connectivity index (χ2n) is 9.70. The van der Waals surface area contributed by atoms with Gasteiger partial charge in [-0.1, -0.05) is 36.2 Å². The molecule has 0 amide bonds. The first-order chi connectivity index (χ1) is 15.2. The first-order valence-electron chi connectivity index (χ1n) is 12.3. The van der Waals surface area contributed by atoms with Crippen LogP contribution in [-0.4, -0.2) is 80.1 Å². The largest absolute Gasteiger partial charge is 0.356 e. The normalized spacial score (nSPS) is 23.9. The summed E-state index contributed by atoms with van der Waals surface area (Å²) in [6, 6.07) is 8.23. The molecule has 1 unspecified atom stereocenters. The highest BCUT2D eigenvalue weighted by atomic mass is 127. The minimum atomic E-state index is 0. The molecular weight excluding hydrogens is 533 g/mol. The molecular formula is C25H41ClIN5. The van der Waals surface area contributed by atoms with Crippen molar-refractivity contribution in [3.05, 3.63) is 34.9 Å². The van der Waals surface area contributed by atoms with Gasteiger partial charge in [-0.05, 0) is 81.7 Å². The van der Waals surface area contributed by atoms with Crippen LogP contribution in [0.2, 0.25) is 5.02 Å². The fourth-order valence-corrected chi connectivity index (χ4v) is 5.66. The maximum Gasteiger partial charge on any atom is 0.193 e. The van der Waals surface area contributed by atoms with Crippen LogP contribution in [-0.2, 0) is 6.54 Å². The lowest BCUT2D eigenvalue weighted by Gasteiger charge is -2.33. The Labute approximate surface area is 217 Å². The molecule has 4 rings (SSSR count). The van der Waals surface area contributed by atoms with Crippen molar-refractivity contribution in [2.24, 2.45) is 16.8 Å². The second-order valence-corrected chi connectivity index (χ2v) is 10.1. The lowest BCUT2D eigenvalue weighted by Crippen LogP contribution is -2.44. The molecule has 3 saturated heterocycles. The quantitative estimate of drug-likeness (QED) is 0.308. The van der Waals surface area contributed by atoms with Gasteiger partial charge >= 0.3 is 0 Å². The maximum atomic E-state index is 6.34. The molecule has 0 radical (unpaired) electrons. The van der Waals surface area contributed by atoms with Crippen LogP contribution in [0.15, 0.2) is 29.3 Å². The molecule has 32 heavy (non-hydrogen) atoms. The molecule has 180 valence electrons. The summed E-state index contributed by atoms with van der Waals surface area (Å²) in [5, 5.41) is 4.59. The predicted molar refractivity (Wildman–Crippen MR) is 146 cm³/mol. The fraction of sp³-hybridized carbons (Fsp3) is 0.720. The average molecular weight is 574 g/mol. The Bertz CT molecular complexity index is 716. The van der Waals surface area contributed by atoms with Crippen LogP contribution in [0.1, 0.15) is 44.1 Å². The van der Waals surface area contributed by atoms with E-state index >= 15 is 0 Å². The number of guanidine groups is 1. The number of nitrogens with zero attached hydrogens (tertiary/aromatic N) is 4. The first-order valence-corrected chi connectivity index (χ1v) is 12.7. The van der Waals surface area contributed by atoms with E-state index in [1.807, 2.05) is 19.2 Å². The fourth-order valence-electron chi connectivity index (χ4n) is 5.47. The van der Waals surface area contributed by atoms with Crippen LogP contribution in [0.4, 0.5) is 0 Å². The second kappa shape index (κ2) is 13.4. The van der Waals surface area contributed by atoms with Crippen molar-refractivity contribution in [2.45, 2.75) is 45.1 Å². The zero-order chi connectivity index (χ0) is 21.5. The SMILES string of the molecule is CN=C(NCC1CCN(Cc2ccccc2Cl)CC1)N1CCC(CN2CCCCC2)C1.I. The van der Waals surface area contributed by atoms with Crippen molar-refractivity contribution in [1.29, 1.82) is 0 Å². The van der Waals surface area contributed by atoms with Gasteiger partial charge in [0.1, 0.15) is 0 Å². The molecule has 0 spiro atoms. The van der Waals surface area contributed by atoms with Crippen molar-refractivity contribution in [2.75, 3.05) is 59.4 Å². The van der Waals surface area contributed by atoms with Gasteiger partial charge in [0.2, 0.25) is 0 Å². The molecule has 3 fully saturated rings. The Morgan fingerprint density at radius 2 is 1.69 bits per heavy atom. The molecule has 1 N–H and O–H groups in total. The van der Waals surface area contributed by atoms with Gasteiger partial charge in [-0.3, -0.25) is 9.89 Å². The molecule has 1 atom stereocenters. The first kappa shape index (κ1) is 26.0. The van der Waals surface area contributed by atoms with Crippen molar-refractivity contribution >= 4 is 41.5 Å². The summed E-state index contributed by atoms with van der Waals surface area (Å²) in [7, 11) is 1.94. The molecule has 5 nitrogen and oxygen atoms in total. The molecule has 0 saturated carbocycles. The van der Waals surface area contributed by atoms with Gasteiger partial charge < -0.3 is 15.1 Å². The molecule has 3 heterocycles. The van der Waals surface area contributed by atoms with Crippen LogP contribution in [0.5, 0.6) is 0 Å². The molecule has 0 bridgehead atoms. The number of piperidine rings is 2. The van der Waals surface area contributed by atoms with Crippen LogP contribution in [0, 0.1) is 11.8 Å². The number of hydrogen-bond donors (Lipinski definition) is 1. The van der Waals surface area contributed by atoms with E-state index < -0.39 is 0 Å². The Kier molecular flexibility index (Phi) is 10.9. The summed E-state index contributed by atoms with van der Waals surface area (Å²) >= 11 is 6.34. The van der Waals surface area contributed by atoms with Gasteiger partial charge in [-0.2, -0.15) is 0 Å². The standard InChI is InChI=1S/C25H40ClN5.HI/c1-27-25(31-16-11-22(19-31)18-29-12-5-2-6-13-29)28-17-21-9-14-30(15-10-21)20-23-7-3-4-8-24(23)26;/h3-4,7-8,21-22H,2,5-6,9-20H2,1H3,(H,27,28);1H. The van der Waals surface area contributed by atoms with Gasteiger partial charge in [0.25, 0.3) is 0 Å². The summed E-state index contributed by atoms with van der Waals surface area (Å²) in [5.41, 5.74) is 1.24. The topological polar surface area (TPSA) is 34.1 Å². The van der Waals surface area contributed by atoms with Crippen molar-refractivity contribution < 1.29 is 0 Å². The van der Waals surface area contributed by atoms with Crippen molar-refractivity contribution in [1.82, 2.24) is 20.0 Å². The van der Waals surface area contributed by atoms with Gasteiger partial charge in [-0.25, -0.2) is 0 Å². The Balaban J connectivity index is 0.00000289. The van der Waals surface area contributed by atoms with E-state index in [0.717, 1.165) is 62.1 Å². The maximum absolute atomic E-state index is 6.34. The summed E-state index contributed by atoms with van der Waals surface area (Å²) in [6.45, 7) is 10.5. The van der Waals surface area contributed by atoms with E-state index in [-0.39, 0.29) is 24.0 Å². The minimum absolute atomic E-state index is 0. The van der Waals surface area contributed by atoms with Gasteiger partial charge in [-0.15, -0.1) is 24.0 Å². The van der Waals surface area contributed by atoms with Gasteiger partial charge in [0.15, 0.2) is 5.96 Å². The number of likely N-dealkylation sites (tertiary alicyclic amines) is 3. The molecule has 0 aliphatic carbocycles. The van der Waals surface area contributed by atoms with Crippen molar-refractivity contribution in [3.8, 4) is 0 Å². The smallest absolute Gasteiger partial charge is 0.193 e. The lowest BCUT2D eigenvalue weighted by molar-refractivity contribution is 0.177. The number of halogens is 2. The number of rotatable bonds is 6. The highest BCUT2D eigenvalue weighted by molar-refractivity contribution is 14.0. The Hall–Kier alpha value is -0.570. The van der Waals surface area contributed by atoms with E-state index in [1.54, 1.807) is 0 Å². The molecule has 1 aromatic rings. The van der Waals surface area contributed by atoms with E-state index in [4.69, 9.17) is 11.6 Å². The third-order valence-corrected chi connectivity index (χ3v) is 7.74. The third-order valence-electron chi connectivity index (χ3n) is 7.37. The molecule has 7 heteroatoms. The van der Waals surface area contributed by atoms with E-state index in [1.165, 1.54) is 63.7 Å². The minimum Gasteiger partial charge on any atom is -0.356 e. The monoisotopic (exact) mass is 573 g/mol. The zero-order valence-corrected chi connectivity index (χ0v) is 22.7. The predicted octanol–water partition coefficient (Wildman–Crippen LogP) is 4.55. The highest BCUT2D eigenvalue weighted by Gasteiger charge is 2.27. The molecule has 0 aromatic heterocycles. The highest BCUT2D eigenvalue weighted by Crippen LogP contribution is 2.23. The van der Waals surface area contributed by atoms with Crippen LogP contribution in [0.25, 0.3) is 0 Å². The zero-order valence-electron chi connectivity index (χ0n) is 19.6. The lowest BCUT2D eigenvalue weighted by atomic mass is 9.96. The summed E-state index contributed by atoms with van der Waals surface area (Å²) < 4.78 is 0. The molecule has 3 aliphatic rings. The van der Waals surface area contributed by atoms with E-state index in [0.29, 0.717) is 0 Å². The average Bonchev–Trinajstić information content (AvgIpc) is 3.26. The Morgan fingerprint density at radius 3 is 2.41 bits per heavy atom. The number of nitrogens with one attached hydrogen (secondary N) is 1. The van der Waals surface area contributed by atoms with Gasteiger partial charge in [0.05, 0.1) is 0 Å². The number of hydrogen-bond acceptors (Lipinski definition) is 3. The number of aliphatic imine (C=N–C) groups is 1. The van der Waals surface area contributed by atoms with Crippen LogP contribution >= 0.6 is 35.6 Å². The van der Waals surface area contributed by atoms with Gasteiger partial charge in [0, 0.05) is 44.8 Å². The van der Waals surface area contributed by atoms with Crippen LogP contribution in [0.3, 0.4) is 0 Å². The summed E-state index contributed by atoms with van der Waals surface area (Å²) in [4.78, 5) is 12.3. The molecule has 3 aliphatic heterocycles. The van der Waals surface area contributed by atoms with E-state index in [9.17, 15) is 0 Å².